The van der Waals surface area contributed by atoms with E-state index in [0.717, 1.165) is 56.5 Å². The van der Waals surface area contributed by atoms with E-state index in [0.29, 0.717) is 34.9 Å². The van der Waals surface area contributed by atoms with Gasteiger partial charge in [0.15, 0.2) is 17.5 Å². The van der Waals surface area contributed by atoms with E-state index in [2.05, 4.69) is 118 Å². The van der Waals surface area contributed by atoms with Gasteiger partial charge in [-0.1, -0.05) is 167 Å². The molecule has 1 saturated carbocycles. The van der Waals surface area contributed by atoms with Crippen molar-refractivity contribution in [1.29, 1.82) is 5.26 Å². The summed E-state index contributed by atoms with van der Waals surface area (Å²) in [5, 5.41) is 9.85. The van der Waals surface area contributed by atoms with Crippen molar-refractivity contribution in [2.45, 2.75) is 58.3 Å². The fourth-order valence-electron chi connectivity index (χ4n) is 8.73. The molecule has 0 bridgehead atoms. The van der Waals surface area contributed by atoms with Gasteiger partial charge in [-0.15, -0.1) is 0 Å². The average molecular weight is 715 g/mol. The van der Waals surface area contributed by atoms with E-state index in [1.807, 2.05) is 60.7 Å². The van der Waals surface area contributed by atoms with Crippen LogP contribution in [0.25, 0.3) is 67.5 Å². The largest absolute Gasteiger partial charge is 0.208 e. The molecule has 0 N–H and O–H groups in total. The van der Waals surface area contributed by atoms with Gasteiger partial charge in [0, 0.05) is 16.7 Å². The predicted octanol–water partition coefficient (Wildman–Crippen LogP) is 13.2. The lowest BCUT2D eigenvalue weighted by molar-refractivity contribution is 0.295. The fourth-order valence-corrected chi connectivity index (χ4v) is 8.73. The van der Waals surface area contributed by atoms with Crippen LogP contribution < -0.4 is 0 Å². The first-order valence-corrected chi connectivity index (χ1v) is 19.7. The summed E-state index contributed by atoms with van der Waals surface area (Å²) >= 11 is 0. The van der Waals surface area contributed by atoms with Crippen molar-refractivity contribution in [3.05, 3.63) is 163 Å². The van der Waals surface area contributed by atoms with Crippen LogP contribution in [0.3, 0.4) is 0 Å². The third-order valence-corrected chi connectivity index (χ3v) is 11.6. The molecule has 0 spiro atoms. The maximum absolute atomic E-state index is 9.85. The highest BCUT2D eigenvalue weighted by atomic mass is 15.0. The van der Waals surface area contributed by atoms with Crippen molar-refractivity contribution in [3.63, 3.8) is 0 Å². The lowest BCUT2D eigenvalue weighted by Gasteiger charge is -2.36. The molecule has 270 valence electrons. The van der Waals surface area contributed by atoms with Gasteiger partial charge in [-0.05, 0) is 93.7 Å². The highest BCUT2D eigenvalue weighted by Crippen LogP contribution is 2.47. The zero-order valence-corrected chi connectivity index (χ0v) is 31.9. The van der Waals surface area contributed by atoms with Gasteiger partial charge in [-0.3, -0.25) is 0 Å². The zero-order valence-electron chi connectivity index (χ0n) is 31.9. The highest BCUT2D eigenvalue weighted by Gasteiger charge is 2.36. The molecule has 1 fully saturated rings. The van der Waals surface area contributed by atoms with E-state index in [9.17, 15) is 5.26 Å². The normalized spacial score (nSPS) is 18.3. The zero-order chi connectivity index (χ0) is 37.8. The SMILES string of the molecule is CCC1(c2ccc(-c3ccc(-c4nc(-c5ccccc5)nc(-c5ccccc5-c5ccccc5)n4)cc3)c(-c3cccc(C#N)c3)c2)C[C@H](C)CC[C@H](C)C1. The Bertz CT molecular complexity index is 2450. The van der Waals surface area contributed by atoms with Gasteiger partial charge >= 0.3 is 0 Å². The van der Waals surface area contributed by atoms with Crippen LogP contribution in [-0.4, -0.2) is 15.0 Å². The van der Waals surface area contributed by atoms with Gasteiger partial charge in [0.1, 0.15) is 0 Å². The summed E-state index contributed by atoms with van der Waals surface area (Å²) in [5.74, 6) is 3.27. The van der Waals surface area contributed by atoms with Gasteiger partial charge in [0.25, 0.3) is 0 Å². The maximum Gasteiger partial charge on any atom is 0.164 e. The molecular weight excluding hydrogens is 669 g/mol. The summed E-state index contributed by atoms with van der Waals surface area (Å²) in [7, 11) is 0. The minimum atomic E-state index is 0.130. The number of benzene rings is 6. The van der Waals surface area contributed by atoms with Crippen LogP contribution in [0.1, 0.15) is 64.0 Å². The van der Waals surface area contributed by atoms with E-state index in [1.54, 1.807) is 0 Å². The van der Waals surface area contributed by atoms with Gasteiger partial charge in [-0.2, -0.15) is 5.26 Å². The first kappa shape index (κ1) is 35.8. The molecule has 6 aromatic carbocycles. The topological polar surface area (TPSA) is 62.5 Å². The molecule has 4 heteroatoms. The van der Waals surface area contributed by atoms with E-state index in [-0.39, 0.29) is 5.41 Å². The first-order chi connectivity index (χ1) is 26.9. The molecule has 7 aromatic rings. The van der Waals surface area contributed by atoms with Crippen LogP contribution in [-0.2, 0) is 5.41 Å². The first-order valence-electron chi connectivity index (χ1n) is 19.7. The average Bonchev–Trinajstić information content (AvgIpc) is 3.41. The molecule has 1 aliphatic rings. The standard InChI is InChI=1S/C51H46N4/c1-4-51(32-35(2)22-23-36(3)33-51)43-28-29-45(47(31-43)42-19-13-14-37(30-42)34-52)39-24-26-41(27-25-39)49-53-48(40-17-9-6-10-18-40)54-50(55-49)46-21-12-11-20-44(46)38-15-7-5-8-16-38/h5-21,24-31,35-36H,4,22-23,32-33H2,1-3H3/t35-,36+,51?. The van der Waals surface area contributed by atoms with Crippen molar-refractivity contribution in [3.8, 4) is 73.6 Å². The van der Waals surface area contributed by atoms with Crippen molar-refractivity contribution < 1.29 is 0 Å². The Morgan fingerprint density at radius 2 is 1.02 bits per heavy atom. The molecule has 0 radical (unpaired) electrons. The van der Waals surface area contributed by atoms with Crippen molar-refractivity contribution in [1.82, 2.24) is 15.0 Å². The summed E-state index contributed by atoms with van der Waals surface area (Å²) in [6.45, 7) is 7.22. The van der Waals surface area contributed by atoms with Crippen LogP contribution in [0.15, 0.2) is 152 Å². The van der Waals surface area contributed by atoms with Crippen molar-refractivity contribution in [2.24, 2.45) is 11.8 Å². The summed E-state index contributed by atoms with van der Waals surface area (Å²) < 4.78 is 0. The van der Waals surface area contributed by atoms with Crippen LogP contribution in [0.4, 0.5) is 0 Å². The van der Waals surface area contributed by atoms with Crippen LogP contribution in [0, 0.1) is 23.2 Å². The fraction of sp³-hybridized carbons (Fsp3) is 0.216. The Balaban J connectivity index is 1.23. The number of hydrogen-bond acceptors (Lipinski definition) is 4. The molecule has 1 unspecified atom stereocenters. The van der Waals surface area contributed by atoms with E-state index in [1.165, 1.54) is 31.2 Å². The lowest BCUT2D eigenvalue weighted by atomic mass is 9.68. The third-order valence-electron chi connectivity index (χ3n) is 11.6. The van der Waals surface area contributed by atoms with Gasteiger partial charge in [-0.25, -0.2) is 15.0 Å². The number of nitrogens with zero attached hydrogens (tertiary/aromatic N) is 4. The predicted molar refractivity (Wildman–Crippen MR) is 226 cm³/mol. The van der Waals surface area contributed by atoms with Crippen molar-refractivity contribution >= 4 is 0 Å². The molecule has 1 heterocycles. The van der Waals surface area contributed by atoms with Crippen LogP contribution >= 0.6 is 0 Å². The van der Waals surface area contributed by atoms with Crippen LogP contribution in [0.5, 0.6) is 0 Å². The second-order valence-electron chi connectivity index (χ2n) is 15.4. The molecule has 4 nitrogen and oxygen atoms in total. The van der Waals surface area contributed by atoms with Gasteiger partial charge in [0.05, 0.1) is 11.6 Å². The van der Waals surface area contributed by atoms with E-state index in [4.69, 9.17) is 15.0 Å². The summed E-state index contributed by atoms with van der Waals surface area (Å²) in [5.41, 5.74) is 11.7. The summed E-state index contributed by atoms with van der Waals surface area (Å²) in [4.78, 5) is 15.2. The number of rotatable bonds is 8. The molecule has 1 aliphatic carbocycles. The van der Waals surface area contributed by atoms with Gasteiger partial charge < -0.3 is 0 Å². The Labute approximate surface area is 325 Å². The lowest BCUT2D eigenvalue weighted by Crippen LogP contribution is -2.28. The summed E-state index contributed by atoms with van der Waals surface area (Å²) in [6.07, 6.45) is 6.10. The molecular formula is C51H46N4. The van der Waals surface area contributed by atoms with Crippen LogP contribution in [0.2, 0.25) is 0 Å². The molecule has 3 atom stereocenters. The maximum atomic E-state index is 9.85. The number of aromatic nitrogens is 3. The third kappa shape index (κ3) is 7.48. The highest BCUT2D eigenvalue weighted by molar-refractivity contribution is 5.86. The smallest absolute Gasteiger partial charge is 0.164 e. The number of hydrogen-bond donors (Lipinski definition) is 0. The minimum absolute atomic E-state index is 0.130. The second kappa shape index (κ2) is 15.7. The Morgan fingerprint density at radius 1 is 0.509 bits per heavy atom. The molecule has 55 heavy (non-hydrogen) atoms. The van der Waals surface area contributed by atoms with E-state index >= 15 is 0 Å². The van der Waals surface area contributed by atoms with Gasteiger partial charge in [0.2, 0.25) is 0 Å². The molecule has 0 amide bonds. The minimum Gasteiger partial charge on any atom is -0.208 e. The number of nitriles is 1. The monoisotopic (exact) mass is 714 g/mol. The second-order valence-corrected chi connectivity index (χ2v) is 15.4. The molecule has 0 saturated heterocycles. The van der Waals surface area contributed by atoms with Crippen molar-refractivity contribution in [2.75, 3.05) is 0 Å². The quantitative estimate of drug-likeness (QED) is 0.147. The molecule has 8 rings (SSSR count). The Morgan fingerprint density at radius 3 is 1.65 bits per heavy atom. The molecule has 0 aliphatic heterocycles. The Hall–Kier alpha value is -6.18. The van der Waals surface area contributed by atoms with E-state index < -0.39 is 0 Å². The summed E-state index contributed by atoms with van der Waals surface area (Å²) in [6, 6.07) is 54.9. The molecule has 1 aromatic heterocycles. The Kier molecular flexibility index (Phi) is 10.2.